The van der Waals surface area contributed by atoms with Crippen molar-refractivity contribution >= 4 is 36.4 Å². The number of rotatable bonds is 4. The Morgan fingerprint density at radius 1 is 1.42 bits per heavy atom. The summed E-state index contributed by atoms with van der Waals surface area (Å²) in [4.78, 5) is 6.78. The molecule has 1 saturated heterocycles. The average molecular weight is 393 g/mol. The predicted molar refractivity (Wildman–Crippen MR) is 103 cm³/mol. The maximum Gasteiger partial charge on any atom is 0.209 e. The Morgan fingerprint density at radius 2 is 2.21 bits per heavy atom. The molecule has 0 bridgehead atoms. The van der Waals surface area contributed by atoms with Crippen molar-refractivity contribution in [3.05, 3.63) is 41.4 Å². The molecule has 2 N–H and O–H groups in total. The van der Waals surface area contributed by atoms with Crippen molar-refractivity contribution in [3.8, 4) is 11.3 Å². The minimum Gasteiger partial charge on any atom is -0.439 e. The molecular formula is C17H24Cl3N3O. The lowest BCUT2D eigenvalue weighted by Crippen LogP contribution is -2.41. The number of nitrogens with two attached hydrogens (primary N) is 1. The van der Waals surface area contributed by atoms with Gasteiger partial charge in [0, 0.05) is 23.2 Å². The topological polar surface area (TPSA) is 55.3 Å². The largest absolute Gasteiger partial charge is 0.439 e. The van der Waals surface area contributed by atoms with Crippen molar-refractivity contribution in [2.45, 2.75) is 32.4 Å². The highest BCUT2D eigenvalue weighted by molar-refractivity contribution is 6.30. The molecule has 2 aromatic rings. The SMILES string of the molecule is CC(N)C1CCCN(Cc2ncc(-c3cccc(Cl)c3)o2)C1.Cl.Cl. The molecule has 1 aromatic carbocycles. The van der Waals surface area contributed by atoms with Gasteiger partial charge >= 0.3 is 0 Å². The zero-order chi connectivity index (χ0) is 15.5. The summed E-state index contributed by atoms with van der Waals surface area (Å²) in [7, 11) is 0. The van der Waals surface area contributed by atoms with E-state index in [-0.39, 0.29) is 30.9 Å². The van der Waals surface area contributed by atoms with Crippen molar-refractivity contribution in [2.24, 2.45) is 11.7 Å². The summed E-state index contributed by atoms with van der Waals surface area (Å²) >= 11 is 6.02. The van der Waals surface area contributed by atoms with Gasteiger partial charge in [0.05, 0.1) is 12.7 Å². The number of halogens is 3. The number of likely N-dealkylation sites (tertiary alicyclic amines) is 1. The number of hydrogen-bond donors (Lipinski definition) is 1. The van der Waals surface area contributed by atoms with Crippen LogP contribution >= 0.6 is 36.4 Å². The van der Waals surface area contributed by atoms with E-state index in [4.69, 9.17) is 21.8 Å². The quantitative estimate of drug-likeness (QED) is 0.838. The molecule has 1 fully saturated rings. The molecule has 0 amide bonds. The fourth-order valence-corrected chi connectivity index (χ4v) is 3.20. The van der Waals surface area contributed by atoms with Gasteiger partial charge in [-0.3, -0.25) is 4.90 Å². The highest BCUT2D eigenvalue weighted by Gasteiger charge is 2.23. The van der Waals surface area contributed by atoms with Gasteiger partial charge < -0.3 is 10.2 Å². The Kier molecular flexibility index (Phi) is 8.54. The molecule has 4 nitrogen and oxygen atoms in total. The third-order valence-corrected chi connectivity index (χ3v) is 4.54. The molecule has 0 radical (unpaired) electrons. The summed E-state index contributed by atoms with van der Waals surface area (Å²) in [6.45, 7) is 4.94. The second-order valence-electron chi connectivity index (χ2n) is 6.13. The number of benzene rings is 1. The molecule has 7 heteroatoms. The van der Waals surface area contributed by atoms with Gasteiger partial charge in [0.1, 0.15) is 0 Å². The van der Waals surface area contributed by atoms with E-state index in [1.54, 1.807) is 6.20 Å². The first-order valence-corrected chi connectivity index (χ1v) is 8.18. The summed E-state index contributed by atoms with van der Waals surface area (Å²) in [5.74, 6) is 2.08. The normalized spacial score (nSPS) is 19.2. The molecule has 1 aliphatic heterocycles. The Hall–Kier alpha value is -0.780. The molecule has 0 saturated carbocycles. The van der Waals surface area contributed by atoms with E-state index in [2.05, 4.69) is 16.8 Å². The van der Waals surface area contributed by atoms with E-state index in [1.807, 2.05) is 24.3 Å². The Bertz CT molecular complexity index is 633. The third kappa shape index (κ3) is 5.36. The average Bonchev–Trinajstić information content (AvgIpc) is 2.96. The van der Waals surface area contributed by atoms with Crippen LogP contribution in [0.25, 0.3) is 11.3 Å². The van der Waals surface area contributed by atoms with Gasteiger partial charge in [0.25, 0.3) is 0 Å². The van der Waals surface area contributed by atoms with E-state index in [9.17, 15) is 0 Å². The lowest BCUT2D eigenvalue weighted by atomic mass is 9.92. The zero-order valence-corrected chi connectivity index (χ0v) is 16.0. The minimum absolute atomic E-state index is 0. The Balaban J connectivity index is 0.00000144. The molecule has 3 rings (SSSR count). The van der Waals surface area contributed by atoms with Crippen LogP contribution in [0.2, 0.25) is 5.02 Å². The van der Waals surface area contributed by atoms with Gasteiger partial charge in [0.15, 0.2) is 5.76 Å². The number of aromatic nitrogens is 1. The standard InChI is InChI=1S/C17H22ClN3O.2ClH/c1-12(19)14-5-3-7-21(10-14)11-17-20-9-16(22-17)13-4-2-6-15(18)8-13;;/h2,4,6,8-9,12,14H,3,5,7,10-11,19H2,1H3;2*1H. The van der Waals surface area contributed by atoms with Crippen molar-refractivity contribution in [1.82, 2.24) is 9.88 Å². The van der Waals surface area contributed by atoms with E-state index in [1.165, 1.54) is 12.8 Å². The molecule has 2 heterocycles. The second kappa shape index (κ2) is 9.64. The Morgan fingerprint density at radius 3 is 2.92 bits per heavy atom. The summed E-state index contributed by atoms with van der Waals surface area (Å²) in [5, 5.41) is 0.700. The fourth-order valence-electron chi connectivity index (χ4n) is 3.01. The van der Waals surface area contributed by atoms with Gasteiger partial charge in [0.2, 0.25) is 5.89 Å². The molecule has 1 aromatic heterocycles. The first kappa shape index (κ1) is 21.3. The molecule has 0 spiro atoms. The first-order chi connectivity index (χ1) is 10.6. The van der Waals surface area contributed by atoms with Gasteiger partial charge in [-0.1, -0.05) is 23.7 Å². The Labute approximate surface area is 160 Å². The zero-order valence-electron chi connectivity index (χ0n) is 13.7. The predicted octanol–water partition coefficient (Wildman–Crippen LogP) is 4.40. The maximum atomic E-state index is 6.04. The monoisotopic (exact) mass is 391 g/mol. The summed E-state index contributed by atoms with van der Waals surface area (Å²) in [6, 6.07) is 7.87. The molecule has 134 valence electrons. The van der Waals surface area contributed by atoms with Crippen molar-refractivity contribution in [3.63, 3.8) is 0 Å². The van der Waals surface area contributed by atoms with Crippen LogP contribution in [-0.2, 0) is 6.54 Å². The van der Waals surface area contributed by atoms with Crippen LogP contribution in [0.5, 0.6) is 0 Å². The van der Waals surface area contributed by atoms with E-state index in [0.717, 1.165) is 36.8 Å². The molecule has 2 unspecified atom stereocenters. The first-order valence-electron chi connectivity index (χ1n) is 7.80. The molecule has 1 aliphatic rings. The van der Waals surface area contributed by atoms with Gasteiger partial charge in [-0.05, 0) is 44.4 Å². The van der Waals surface area contributed by atoms with Gasteiger partial charge in [-0.2, -0.15) is 0 Å². The highest BCUT2D eigenvalue weighted by Crippen LogP contribution is 2.25. The smallest absolute Gasteiger partial charge is 0.209 e. The number of oxazole rings is 1. The van der Waals surface area contributed by atoms with Crippen LogP contribution in [0.15, 0.2) is 34.9 Å². The number of hydrogen-bond acceptors (Lipinski definition) is 4. The van der Waals surface area contributed by atoms with E-state index >= 15 is 0 Å². The van der Waals surface area contributed by atoms with Crippen LogP contribution in [0.1, 0.15) is 25.7 Å². The lowest BCUT2D eigenvalue weighted by Gasteiger charge is -2.33. The summed E-state index contributed by atoms with van der Waals surface area (Å²) in [5.41, 5.74) is 7.00. The fraction of sp³-hybridized carbons (Fsp3) is 0.471. The minimum atomic E-state index is 0. The van der Waals surface area contributed by atoms with Crippen molar-refractivity contribution < 1.29 is 4.42 Å². The molecule has 0 aliphatic carbocycles. The maximum absolute atomic E-state index is 6.04. The van der Waals surface area contributed by atoms with Crippen LogP contribution in [0.3, 0.4) is 0 Å². The molecule has 24 heavy (non-hydrogen) atoms. The molecular weight excluding hydrogens is 369 g/mol. The number of nitrogens with zero attached hydrogens (tertiary/aromatic N) is 2. The van der Waals surface area contributed by atoms with Gasteiger partial charge in [-0.15, -0.1) is 24.8 Å². The highest BCUT2D eigenvalue weighted by atomic mass is 35.5. The van der Waals surface area contributed by atoms with Crippen LogP contribution in [0.4, 0.5) is 0 Å². The molecule has 2 atom stereocenters. The third-order valence-electron chi connectivity index (χ3n) is 4.31. The number of piperidine rings is 1. The van der Waals surface area contributed by atoms with E-state index in [0.29, 0.717) is 10.9 Å². The van der Waals surface area contributed by atoms with Gasteiger partial charge in [-0.25, -0.2) is 4.98 Å². The summed E-state index contributed by atoms with van der Waals surface area (Å²) < 4.78 is 5.88. The second-order valence-corrected chi connectivity index (χ2v) is 6.56. The van der Waals surface area contributed by atoms with Crippen LogP contribution in [0, 0.1) is 5.92 Å². The lowest BCUT2D eigenvalue weighted by molar-refractivity contribution is 0.143. The van der Waals surface area contributed by atoms with Crippen LogP contribution in [-0.4, -0.2) is 29.0 Å². The summed E-state index contributed by atoms with van der Waals surface area (Å²) in [6.07, 6.45) is 4.18. The van der Waals surface area contributed by atoms with E-state index < -0.39 is 0 Å². The van der Waals surface area contributed by atoms with Crippen molar-refractivity contribution in [2.75, 3.05) is 13.1 Å². The van der Waals surface area contributed by atoms with Crippen LogP contribution < -0.4 is 5.73 Å². The van der Waals surface area contributed by atoms with Crippen molar-refractivity contribution in [1.29, 1.82) is 0 Å².